The van der Waals surface area contributed by atoms with Crippen molar-refractivity contribution in [3.8, 4) is 0 Å². The van der Waals surface area contributed by atoms with E-state index in [-0.39, 0.29) is 30.5 Å². The monoisotopic (exact) mass is 609 g/mol. The average molecular weight is 610 g/mol. The van der Waals surface area contributed by atoms with Crippen molar-refractivity contribution in [2.45, 2.75) is 45.7 Å². The first-order valence-corrected chi connectivity index (χ1v) is 14.5. The van der Waals surface area contributed by atoms with Crippen LogP contribution in [0.15, 0.2) is 59.2 Å². The van der Waals surface area contributed by atoms with E-state index in [0.717, 1.165) is 46.4 Å². The number of rotatable bonds is 8. The summed E-state index contributed by atoms with van der Waals surface area (Å²) in [6.07, 6.45) is 4.65. The third kappa shape index (κ3) is 6.10. The standard InChI is InChI=1S/C30H29Cl2N5O5/c1-3-41-29(39)26-28(30(40)42-4-2)36(35-33-26)17-24(38)37-27(19-10-14-22(32)15-11-19)23-7-5-6-20(25(23)34-37)16-18-8-12-21(31)13-9-18/h8-16,23,27H,3-7,17H2,1-2H3/b20-16-/t23-,27-/m1/s1. The number of benzene rings is 2. The molecule has 1 aromatic heterocycles. The van der Waals surface area contributed by atoms with E-state index in [0.29, 0.717) is 10.0 Å². The van der Waals surface area contributed by atoms with Crippen molar-refractivity contribution in [1.82, 2.24) is 20.0 Å². The van der Waals surface area contributed by atoms with Gasteiger partial charge in [-0.15, -0.1) is 5.10 Å². The van der Waals surface area contributed by atoms with Crippen LogP contribution < -0.4 is 0 Å². The van der Waals surface area contributed by atoms with Crippen molar-refractivity contribution in [1.29, 1.82) is 0 Å². The van der Waals surface area contributed by atoms with E-state index in [9.17, 15) is 14.4 Å². The Balaban J connectivity index is 1.52. The summed E-state index contributed by atoms with van der Waals surface area (Å²) in [5, 5.41) is 15.3. The lowest BCUT2D eigenvalue weighted by Gasteiger charge is -2.29. The van der Waals surface area contributed by atoms with Crippen LogP contribution in [0.3, 0.4) is 0 Å². The number of fused-ring (bicyclic) bond motifs is 1. The van der Waals surface area contributed by atoms with Gasteiger partial charge >= 0.3 is 11.9 Å². The van der Waals surface area contributed by atoms with Crippen molar-refractivity contribution in [3.05, 3.63) is 86.7 Å². The minimum absolute atomic E-state index is 0.0576. The van der Waals surface area contributed by atoms with E-state index in [1.165, 1.54) is 5.01 Å². The normalized spacial score (nSPS) is 18.9. The molecule has 2 aliphatic rings. The molecule has 1 aliphatic carbocycles. The van der Waals surface area contributed by atoms with Gasteiger partial charge in [0, 0.05) is 16.0 Å². The molecule has 0 saturated heterocycles. The second-order valence-electron chi connectivity index (χ2n) is 9.83. The lowest BCUT2D eigenvalue weighted by atomic mass is 9.77. The van der Waals surface area contributed by atoms with Gasteiger partial charge in [0.2, 0.25) is 5.69 Å². The highest BCUT2D eigenvalue weighted by Gasteiger charge is 2.44. The lowest BCUT2D eigenvalue weighted by Crippen LogP contribution is -2.34. The van der Waals surface area contributed by atoms with Crippen LogP contribution >= 0.6 is 23.2 Å². The van der Waals surface area contributed by atoms with Crippen molar-refractivity contribution < 1.29 is 23.9 Å². The van der Waals surface area contributed by atoms with E-state index in [4.69, 9.17) is 37.8 Å². The predicted octanol–water partition coefficient (Wildman–Crippen LogP) is 5.76. The Morgan fingerprint density at radius 1 is 0.952 bits per heavy atom. The summed E-state index contributed by atoms with van der Waals surface area (Å²) in [6.45, 7) is 3.01. The smallest absolute Gasteiger partial charge is 0.361 e. The molecule has 5 rings (SSSR count). The number of carbonyl (C=O) groups excluding carboxylic acids is 3. The molecule has 0 spiro atoms. The number of carbonyl (C=O) groups is 3. The molecule has 0 bridgehead atoms. The molecule has 0 unspecified atom stereocenters. The molecule has 2 heterocycles. The second-order valence-corrected chi connectivity index (χ2v) is 10.7. The number of amides is 1. The van der Waals surface area contributed by atoms with Crippen LogP contribution in [0, 0.1) is 5.92 Å². The largest absolute Gasteiger partial charge is 0.461 e. The van der Waals surface area contributed by atoms with Crippen LogP contribution in [-0.4, -0.2) is 56.8 Å². The molecule has 1 aliphatic heterocycles. The van der Waals surface area contributed by atoms with Crippen LogP contribution in [0.1, 0.15) is 71.3 Å². The van der Waals surface area contributed by atoms with Gasteiger partial charge in [-0.1, -0.05) is 52.7 Å². The molecule has 12 heteroatoms. The Bertz CT molecular complexity index is 1550. The Morgan fingerprint density at radius 3 is 2.26 bits per heavy atom. The Hall–Kier alpha value is -4.02. The molecule has 0 radical (unpaired) electrons. The van der Waals surface area contributed by atoms with E-state index < -0.39 is 30.4 Å². The number of ether oxygens (including phenoxy) is 2. The third-order valence-electron chi connectivity index (χ3n) is 7.14. The highest BCUT2D eigenvalue weighted by Crippen LogP contribution is 2.44. The van der Waals surface area contributed by atoms with E-state index >= 15 is 0 Å². The van der Waals surface area contributed by atoms with Crippen LogP contribution in [0.2, 0.25) is 10.0 Å². The van der Waals surface area contributed by atoms with Gasteiger partial charge in [-0.3, -0.25) is 4.79 Å². The van der Waals surface area contributed by atoms with Gasteiger partial charge in [0.15, 0.2) is 5.69 Å². The average Bonchev–Trinajstić information content (AvgIpc) is 3.58. The van der Waals surface area contributed by atoms with Crippen molar-refractivity contribution in [2.75, 3.05) is 13.2 Å². The zero-order valence-corrected chi connectivity index (χ0v) is 24.6. The number of halogens is 2. The molecule has 1 amide bonds. The number of hydrogen-bond acceptors (Lipinski definition) is 8. The van der Waals surface area contributed by atoms with Crippen molar-refractivity contribution in [2.24, 2.45) is 11.0 Å². The molecule has 0 N–H and O–H groups in total. The van der Waals surface area contributed by atoms with Crippen LogP contribution in [-0.2, 0) is 20.8 Å². The summed E-state index contributed by atoms with van der Waals surface area (Å²) < 4.78 is 11.2. The molecule has 218 valence electrons. The number of esters is 2. The summed E-state index contributed by atoms with van der Waals surface area (Å²) in [4.78, 5) is 39.2. The number of hydrogen-bond donors (Lipinski definition) is 0. The van der Waals surface area contributed by atoms with Gasteiger partial charge in [0.1, 0.15) is 6.54 Å². The quantitative estimate of drug-likeness (QED) is 0.298. The minimum atomic E-state index is -0.831. The third-order valence-corrected chi connectivity index (χ3v) is 7.64. The summed E-state index contributed by atoms with van der Waals surface area (Å²) in [5.41, 5.74) is 3.17. The van der Waals surface area contributed by atoms with E-state index in [1.807, 2.05) is 36.4 Å². The highest BCUT2D eigenvalue weighted by atomic mass is 35.5. The topological polar surface area (TPSA) is 116 Å². The summed E-state index contributed by atoms with van der Waals surface area (Å²) in [7, 11) is 0. The van der Waals surface area contributed by atoms with Gasteiger partial charge in [-0.2, -0.15) is 5.10 Å². The zero-order valence-electron chi connectivity index (χ0n) is 23.1. The van der Waals surface area contributed by atoms with Crippen LogP contribution in [0.5, 0.6) is 0 Å². The SMILES string of the molecule is CCOC(=O)c1nnn(CC(=O)N2N=C3/C(=C\c4ccc(Cl)cc4)CCC[C@H]3[C@H]2c2ccc(Cl)cc2)c1C(=O)OCC. The molecule has 2 aromatic carbocycles. The molecular weight excluding hydrogens is 581 g/mol. The molecule has 42 heavy (non-hydrogen) atoms. The number of aromatic nitrogens is 3. The Labute approximate surface area is 252 Å². The summed E-state index contributed by atoms with van der Waals surface area (Å²) in [6, 6.07) is 14.5. The zero-order chi connectivity index (χ0) is 29.8. The Morgan fingerprint density at radius 2 is 1.60 bits per heavy atom. The number of allylic oxidation sites excluding steroid dienone is 1. The fourth-order valence-electron chi connectivity index (χ4n) is 5.32. The maximum atomic E-state index is 14.0. The van der Waals surface area contributed by atoms with Gasteiger partial charge in [-0.05, 0) is 80.2 Å². The maximum absolute atomic E-state index is 14.0. The number of nitrogens with zero attached hydrogens (tertiary/aromatic N) is 5. The van der Waals surface area contributed by atoms with E-state index in [2.05, 4.69) is 16.4 Å². The fourth-order valence-corrected chi connectivity index (χ4v) is 5.58. The van der Waals surface area contributed by atoms with Gasteiger partial charge < -0.3 is 9.47 Å². The van der Waals surface area contributed by atoms with Gasteiger partial charge in [0.05, 0.1) is 25.0 Å². The van der Waals surface area contributed by atoms with Gasteiger partial charge in [-0.25, -0.2) is 19.3 Å². The van der Waals surface area contributed by atoms with Gasteiger partial charge in [0.25, 0.3) is 5.91 Å². The fraction of sp³-hybridized carbons (Fsp3) is 0.333. The Kier molecular flexibility index (Phi) is 9.03. The molecule has 1 fully saturated rings. The maximum Gasteiger partial charge on any atom is 0.361 e. The second kappa shape index (κ2) is 12.9. The summed E-state index contributed by atoms with van der Waals surface area (Å²) in [5.74, 6) is -2.16. The first kappa shape index (κ1) is 29.5. The lowest BCUT2D eigenvalue weighted by molar-refractivity contribution is -0.134. The molecule has 1 saturated carbocycles. The molecule has 3 aromatic rings. The predicted molar refractivity (Wildman–Crippen MR) is 157 cm³/mol. The first-order valence-electron chi connectivity index (χ1n) is 13.7. The van der Waals surface area contributed by atoms with Crippen molar-refractivity contribution >= 4 is 52.8 Å². The van der Waals surface area contributed by atoms with Crippen LogP contribution in [0.4, 0.5) is 0 Å². The first-order chi connectivity index (χ1) is 20.3. The highest BCUT2D eigenvalue weighted by molar-refractivity contribution is 6.30. The van der Waals surface area contributed by atoms with Crippen LogP contribution in [0.25, 0.3) is 6.08 Å². The number of hydrazone groups is 1. The van der Waals surface area contributed by atoms with E-state index in [1.54, 1.807) is 26.0 Å². The minimum Gasteiger partial charge on any atom is -0.461 e. The molecule has 2 atom stereocenters. The molecule has 10 nitrogen and oxygen atoms in total. The summed E-state index contributed by atoms with van der Waals surface area (Å²) >= 11 is 12.3. The van der Waals surface area contributed by atoms with Crippen molar-refractivity contribution in [3.63, 3.8) is 0 Å². The molecular formula is C30H29Cl2N5O5.